The highest BCUT2D eigenvalue weighted by atomic mass is 32.2. The van der Waals surface area contributed by atoms with E-state index in [0.29, 0.717) is 32.4 Å². The quantitative estimate of drug-likeness (QED) is 0.840. The van der Waals surface area contributed by atoms with Crippen molar-refractivity contribution >= 4 is 21.9 Å². The van der Waals surface area contributed by atoms with Gasteiger partial charge in [-0.3, -0.25) is 4.79 Å². The Labute approximate surface area is 160 Å². The highest BCUT2D eigenvalue weighted by Crippen LogP contribution is 2.29. The Morgan fingerprint density at radius 2 is 1.81 bits per heavy atom. The van der Waals surface area contributed by atoms with Crippen LogP contribution in [0.15, 0.2) is 35.2 Å². The molecule has 1 aromatic rings. The van der Waals surface area contributed by atoms with Gasteiger partial charge in [0.2, 0.25) is 15.9 Å². The zero-order valence-corrected chi connectivity index (χ0v) is 16.3. The summed E-state index contributed by atoms with van der Waals surface area (Å²) >= 11 is 0. The number of carbonyl (C=O) groups excluding carboxylic acids is 1. The van der Waals surface area contributed by atoms with Crippen molar-refractivity contribution in [1.82, 2.24) is 9.21 Å². The molecule has 148 valence electrons. The molecule has 0 aliphatic carbocycles. The van der Waals surface area contributed by atoms with Crippen LogP contribution in [-0.4, -0.2) is 60.3 Å². The number of sulfonamides is 1. The van der Waals surface area contributed by atoms with Crippen LogP contribution in [0.5, 0.6) is 0 Å². The van der Waals surface area contributed by atoms with Crippen LogP contribution in [0.25, 0.3) is 0 Å². The van der Waals surface area contributed by atoms with Gasteiger partial charge in [0.15, 0.2) is 0 Å². The predicted octanol–water partition coefficient (Wildman–Crippen LogP) is 1.80. The summed E-state index contributed by atoms with van der Waals surface area (Å²) in [5, 5.41) is 9.50. The Bertz CT molecular complexity index is 796. The van der Waals surface area contributed by atoms with E-state index in [1.165, 1.54) is 9.21 Å². The Morgan fingerprint density at radius 1 is 1.11 bits per heavy atom. The van der Waals surface area contributed by atoms with Gasteiger partial charge in [-0.05, 0) is 43.7 Å². The SMILES string of the molecule is CC1CCN(C(=O)C2CCCN(S(=O)(=O)c3ccccc3)C2)C(C(=O)O)C1. The summed E-state index contributed by atoms with van der Waals surface area (Å²) in [6, 6.07) is 7.38. The van der Waals surface area contributed by atoms with Crippen LogP contribution in [0.2, 0.25) is 0 Å². The van der Waals surface area contributed by atoms with Gasteiger partial charge in [-0.2, -0.15) is 4.31 Å². The molecule has 1 N–H and O–H groups in total. The highest BCUT2D eigenvalue weighted by Gasteiger charge is 2.40. The normalized spacial score (nSPS) is 27.3. The molecule has 0 aromatic heterocycles. The molecule has 2 saturated heterocycles. The number of carboxylic acid groups (broad SMARTS) is 1. The molecule has 2 heterocycles. The van der Waals surface area contributed by atoms with Crippen molar-refractivity contribution in [2.75, 3.05) is 19.6 Å². The Kier molecular flexibility index (Phi) is 5.86. The maximum atomic E-state index is 13.0. The number of carbonyl (C=O) groups is 2. The van der Waals surface area contributed by atoms with Crippen LogP contribution in [0.3, 0.4) is 0 Å². The van der Waals surface area contributed by atoms with E-state index < -0.39 is 28.0 Å². The molecule has 0 bridgehead atoms. The molecule has 3 unspecified atom stereocenters. The second kappa shape index (κ2) is 7.98. The molecular weight excluding hydrogens is 368 g/mol. The van der Waals surface area contributed by atoms with E-state index in [4.69, 9.17) is 0 Å². The topological polar surface area (TPSA) is 95.0 Å². The first-order valence-electron chi connectivity index (χ1n) is 9.39. The number of hydrogen-bond acceptors (Lipinski definition) is 4. The molecule has 3 rings (SSSR count). The Morgan fingerprint density at radius 3 is 2.48 bits per heavy atom. The minimum absolute atomic E-state index is 0.106. The molecule has 0 radical (unpaired) electrons. The van der Waals surface area contributed by atoms with Crippen molar-refractivity contribution < 1.29 is 23.1 Å². The zero-order chi connectivity index (χ0) is 19.6. The maximum absolute atomic E-state index is 13.0. The summed E-state index contributed by atoms with van der Waals surface area (Å²) < 4.78 is 27.1. The number of piperidine rings is 2. The number of rotatable bonds is 4. The number of likely N-dealkylation sites (tertiary alicyclic amines) is 1. The molecular formula is C19H26N2O5S. The molecule has 2 fully saturated rings. The lowest BCUT2D eigenvalue weighted by molar-refractivity contribution is -0.155. The lowest BCUT2D eigenvalue weighted by atomic mass is 9.90. The molecule has 7 nitrogen and oxygen atoms in total. The lowest BCUT2D eigenvalue weighted by Crippen LogP contribution is -2.54. The van der Waals surface area contributed by atoms with Crippen molar-refractivity contribution in [1.29, 1.82) is 0 Å². The van der Waals surface area contributed by atoms with Crippen molar-refractivity contribution in [2.24, 2.45) is 11.8 Å². The van der Waals surface area contributed by atoms with Crippen LogP contribution in [0, 0.1) is 11.8 Å². The van der Waals surface area contributed by atoms with Crippen molar-refractivity contribution in [3.8, 4) is 0 Å². The van der Waals surface area contributed by atoms with Crippen LogP contribution in [-0.2, 0) is 19.6 Å². The average molecular weight is 394 g/mol. The van der Waals surface area contributed by atoms with E-state index in [9.17, 15) is 23.1 Å². The molecule has 8 heteroatoms. The van der Waals surface area contributed by atoms with E-state index in [1.807, 2.05) is 6.92 Å². The van der Waals surface area contributed by atoms with Crippen molar-refractivity contribution in [3.63, 3.8) is 0 Å². The van der Waals surface area contributed by atoms with Crippen LogP contribution in [0.1, 0.15) is 32.6 Å². The van der Waals surface area contributed by atoms with Gasteiger partial charge in [0.1, 0.15) is 6.04 Å². The number of amides is 1. The van der Waals surface area contributed by atoms with Crippen LogP contribution >= 0.6 is 0 Å². The van der Waals surface area contributed by atoms with Gasteiger partial charge in [0.05, 0.1) is 10.8 Å². The maximum Gasteiger partial charge on any atom is 0.326 e. The molecule has 2 aliphatic rings. The second-order valence-corrected chi connectivity index (χ2v) is 9.47. The standard InChI is InChI=1S/C19H26N2O5S/c1-14-9-11-21(17(12-14)19(23)24)18(22)15-6-5-10-20(13-15)27(25,26)16-7-3-2-4-8-16/h2-4,7-8,14-15,17H,5-6,9-13H2,1H3,(H,23,24). The largest absolute Gasteiger partial charge is 0.480 e. The fourth-order valence-electron chi connectivity index (χ4n) is 3.98. The van der Waals surface area contributed by atoms with Crippen molar-refractivity contribution in [3.05, 3.63) is 30.3 Å². The third-order valence-corrected chi connectivity index (χ3v) is 7.43. The number of nitrogens with zero attached hydrogens (tertiary/aromatic N) is 2. The molecule has 2 aliphatic heterocycles. The third kappa shape index (κ3) is 4.16. The van der Waals surface area contributed by atoms with Gasteiger partial charge < -0.3 is 10.0 Å². The molecule has 0 spiro atoms. The molecule has 3 atom stereocenters. The highest BCUT2D eigenvalue weighted by molar-refractivity contribution is 7.89. The number of benzene rings is 1. The molecule has 27 heavy (non-hydrogen) atoms. The average Bonchev–Trinajstić information content (AvgIpc) is 2.68. The summed E-state index contributed by atoms with van der Waals surface area (Å²) in [5.41, 5.74) is 0. The summed E-state index contributed by atoms with van der Waals surface area (Å²) in [6.45, 7) is 2.89. The Balaban J connectivity index is 1.76. The van der Waals surface area contributed by atoms with Crippen LogP contribution < -0.4 is 0 Å². The van der Waals surface area contributed by atoms with E-state index in [0.717, 1.165) is 6.42 Å². The smallest absolute Gasteiger partial charge is 0.326 e. The second-order valence-electron chi connectivity index (χ2n) is 7.53. The van der Waals surface area contributed by atoms with Gasteiger partial charge in [-0.25, -0.2) is 13.2 Å². The fraction of sp³-hybridized carbons (Fsp3) is 0.579. The van der Waals surface area contributed by atoms with Gasteiger partial charge in [-0.15, -0.1) is 0 Å². The first kappa shape index (κ1) is 19.8. The summed E-state index contributed by atoms with van der Waals surface area (Å²) in [4.78, 5) is 26.3. The van der Waals surface area contributed by atoms with E-state index >= 15 is 0 Å². The van der Waals surface area contributed by atoms with E-state index in [-0.39, 0.29) is 23.3 Å². The molecule has 0 saturated carbocycles. The first-order chi connectivity index (χ1) is 12.8. The van der Waals surface area contributed by atoms with Gasteiger partial charge in [0.25, 0.3) is 0 Å². The number of hydrogen-bond donors (Lipinski definition) is 1. The number of carboxylic acids is 1. The summed E-state index contributed by atoms with van der Waals surface area (Å²) in [7, 11) is -3.65. The minimum atomic E-state index is -3.65. The van der Waals surface area contributed by atoms with Crippen LogP contribution in [0.4, 0.5) is 0 Å². The molecule has 1 amide bonds. The van der Waals surface area contributed by atoms with Gasteiger partial charge in [0, 0.05) is 19.6 Å². The summed E-state index contributed by atoms with van der Waals surface area (Å²) in [6.07, 6.45) is 2.39. The van der Waals surface area contributed by atoms with E-state index in [2.05, 4.69) is 0 Å². The lowest BCUT2D eigenvalue weighted by Gasteiger charge is -2.40. The fourth-order valence-corrected chi connectivity index (χ4v) is 5.52. The first-order valence-corrected chi connectivity index (χ1v) is 10.8. The van der Waals surface area contributed by atoms with Gasteiger partial charge >= 0.3 is 5.97 Å². The zero-order valence-electron chi connectivity index (χ0n) is 15.5. The predicted molar refractivity (Wildman–Crippen MR) is 99.5 cm³/mol. The summed E-state index contributed by atoms with van der Waals surface area (Å²) in [5.74, 6) is -1.45. The Hall–Kier alpha value is -1.93. The minimum Gasteiger partial charge on any atom is -0.480 e. The third-order valence-electron chi connectivity index (χ3n) is 5.55. The number of aliphatic carboxylic acids is 1. The van der Waals surface area contributed by atoms with Crippen molar-refractivity contribution in [2.45, 2.75) is 43.5 Å². The van der Waals surface area contributed by atoms with E-state index in [1.54, 1.807) is 30.3 Å². The molecule has 1 aromatic carbocycles. The monoisotopic (exact) mass is 394 g/mol. The van der Waals surface area contributed by atoms with Gasteiger partial charge in [-0.1, -0.05) is 25.1 Å².